The van der Waals surface area contributed by atoms with Crippen LogP contribution in [0.5, 0.6) is 0 Å². The molecule has 3 rings (SSSR count). The molecule has 0 unspecified atom stereocenters. The highest BCUT2D eigenvalue weighted by atomic mass is 127. The maximum Gasteiger partial charge on any atom is 0.248 e. The van der Waals surface area contributed by atoms with E-state index >= 15 is 0 Å². The molecule has 2 aromatic rings. The Morgan fingerprint density at radius 3 is 2.39 bits per heavy atom. The molecule has 1 aromatic carbocycles. The number of benzene rings is 1. The first-order chi connectivity index (χ1) is 17.2. The van der Waals surface area contributed by atoms with E-state index in [2.05, 4.69) is 70.1 Å². The molecular formula is C29H40IN5O. The summed E-state index contributed by atoms with van der Waals surface area (Å²) in [4.78, 5) is 18.4. The number of H-pyrrole nitrogens is 1. The molecule has 0 fully saturated rings. The van der Waals surface area contributed by atoms with E-state index in [1.807, 2.05) is 79.3 Å². The molecule has 1 amide bonds. The highest BCUT2D eigenvalue weighted by Crippen LogP contribution is 2.35. The fraction of sp³-hybridized carbons (Fsp3) is 0.310. The summed E-state index contributed by atoms with van der Waals surface area (Å²) in [6, 6.07) is 9.46. The van der Waals surface area contributed by atoms with Crippen molar-refractivity contribution >= 4 is 34.5 Å². The lowest BCUT2D eigenvalue weighted by Gasteiger charge is -2.33. The summed E-state index contributed by atoms with van der Waals surface area (Å²) in [5.74, 6) is -0.122. The number of aromatic nitrogens is 2. The van der Waals surface area contributed by atoms with Gasteiger partial charge in [0.25, 0.3) is 0 Å². The van der Waals surface area contributed by atoms with Gasteiger partial charge in [-0.05, 0) is 62.9 Å². The van der Waals surface area contributed by atoms with Crippen LogP contribution < -0.4 is 14.2 Å². The van der Waals surface area contributed by atoms with Gasteiger partial charge >= 0.3 is 0 Å². The van der Waals surface area contributed by atoms with Crippen LogP contribution in [0.25, 0.3) is 0 Å². The third kappa shape index (κ3) is 13.3. The topological polar surface area (TPSA) is 81.8 Å². The Labute approximate surface area is 230 Å². The number of carbonyl (C=O) groups excluding carboxylic acids is 1. The molecule has 0 atom stereocenters. The lowest BCUT2D eigenvalue weighted by atomic mass is 9.77. The van der Waals surface area contributed by atoms with E-state index in [0.29, 0.717) is 0 Å². The van der Waals surface area contributed by atoms with Gasteiger partial charge in [0.15, 0.2) is 0 Å². The van der Waals surface area contributed by atoms with Crippen LogP contribution >= 0.6 is 22.9 Å². The number of nitrogens with zero attached hydrogens (tertiary/aromatic N) is 1. The zero-order chi connectivity index (χ0) is 26.8. The number of aromatic amines is 1. The standard InChI is InChI=1S/C25H32N2O.C3H4N2.CH4IN/c1-19(14-15-23-21(3)26-17-16-25(23,4)5)10-9-11-20(2)18-24(28)27-22-12-7-6-8-13-22;1-2-5-3-4-1;1-3-2/h6-15,18,26H,16-17H2,1-5H3,(H,27,28);1-3H,(H,4,5);3H,1H3/b11-9+,15-14+,19-10+,20-18+;;. The molecule has 0 saturated carbocycles. The highest BCUT2D eigenvalue weighted by Gasteiger charge is 2.26. The minimum absolute atomic E-state index is 0.122. The van der Waals surface area contributed by atoms with Crippen molar-refractivity contribution in [3.05, 3.63) is 108 Å². The molecule has 4 N–H and O–H groups in total. The van der Waals surface area contributed by atoms with E-state index in [4.69, 9.17) is 0 Å². The molecule has 0 aliphatic carbocycles. The number of para-hydroxylation sites is 1. The quantitative estimate of drug-likeness (QED) is 0.126. The lowest BCUT2D eigenvalue weighted by molar-refractivity contribution is -0.111. The van der Waals surface area contributed by atoms with Crippen molar-refractivity contribution in [2.45, 2.75) is 41.0 Å². The SMILES string of the molecule is CC1=C(/C=C/C(C)=C/C=C/C(C)=C/C(=O)Nc2ccccc2)C(C)(C)CCN1.CNI.c1c[nH]cn1. The van der Waals surface area contributed by atoms with Crippen molar-refractivity contribution in [3.8, 4) is 0 Å². The molecule has 2 heterocycles. The smallest absolute Gasteiger partial charge is 0.248 e. The van der Waals surface area contributed by atoms with Crippen LogP contribution in [0.4, 0.5) is 5.69 Å². The van der Waals surface area contributed by atoms with E-state index in [-0.39, 0.29) is 11.3 Å². The Morgan fingerprint density at radius 2 is 1.83 bits per heavy atom. The summed E-state index contributed by atoms with van der Waals surface area (Å²) in [6.07, 6.45) is 18.2. The third-order valence-electron chi connectivity index (χ3n) is 5.31. The first-order valence-corrected chi connectivity index (χ1v) is 13.0. The molecule has 36 heavy (non-hydrogen) atoms. The van der Waals surface area contributed by atoms with E-state index < -0.39 is 0 Å². The third-order valence-corrected chi connectivity index (χ3v) is 5.31. The highest BCUT2D eigenvalue weighted by molar-refractivity contribution is 14.1. The summed E-state index contributed by atoms with van der Waals surface area (Å²) in [7, 11) is 1.86. The maximum atomic E-state index is 12.0. The number of hydrogen-bond donors (Lipinski definition) is 4. The van der Waals surface area contributed by atoms with E-state index in [0.717, 1.165) is 24.2 Å². The monoisotopic (exact) mass is 601 g/mol. The minimum Gasteiger partial charge on any atom is -0.388 e. The normalized spacial score (nSPS) is 15.5. The fourth-order valence-corrected chi connectivity index (χ4v) is 3.44. The van der Waals surface area contributed by atoms with Crippen molar-refractivity contribution in [2.24, 2.45) is 5.41 Å². The van der Waals surface area contributed by atoms with Gasteiger partial charge in [0.05, 0.1) is 6.33 Å². The van der Waals surface area contributed by atoms with Gasteiger partial charge < -0.3 is 15.6 Å². The molecule has 0 bridgehead atoms. The fourth-order valence-electron chi connectivity index (χ4n) is 3.44. The molecule has 1 aliphatic heterocycles. The van der Waals surface area contributed by atoms with E-state index in [1.165, 1.54) is 16.8 Å². The number of nitrogens with one attached hydrogen (secondary N) is 4. The Balaban J connectivity index is 0.000000692. The van der Waals surface area contributed by atoms with Crippen molar-refractivity contribution in [1.29, 1.82) is 0 Å². The van der Waals surface area contributed by atoms with Crippen LogP contribution in [-0.4, -0.2) is 29.5 Å². The molecular weight excluding hydrogens is 561 g/mol. The first kappa shape index (κ1) is 31.1. The lowest BCUT2D eigenvalue weighted by Crippen LogP contribution is -2.31. The molecule has 1 aliphatic rings. The predicted molar refractivity (Wildman–Crippen MR) is 162 cm³/mol. The minimum atomic E-state index is -0.122. The van der Waals surface area contributed by atoms with Gasteiger partial charge in [0.1, 0.15) is 0 Å². The van der Waals surface area contributed by atoms with E-state index in [9.17, 15) is 4.79 Å². The van der Waals surface area contributed by atoms with Crippen molar-refractivity contribution < 1.29 is 4.79 Å². The van der Waals surface area contributed by atoms with Crippen LogP contribution in [0.1, 0.15) is 41.0 Å². The van der Waals surface area contributed by atoms with Crippen LogP contribution in [-0.2, 0) is 4.79 Å². The van der Waals surface area contributed by atoms with Gasteiger partial charge in [0.2, 0.25) is 5.91 Å². The Morgan fingerprint density at radius 1 is 1.14 bits per heavy atom. The van der Waals surface area contributed by atoms with Gasteiger partial charge in [-0.3, -0.25) is 8.32 Å². The summed E-state index contributed by atoms with van der Waals surface area (Å²) in [5.41, 5.74) is 5.69. The Bertz CT molecular complexity index is 1030. The number of allylic oxidation sites excluding steroid dienone is 9. The first-order valence-electron chi connectivity index (χ1n) is 11.9. The van der Waals surface area contributed by atoms with Gasteiger partial charge in [-0.25, -0.2) is 4.98 Å². The van der Waals surface area contributed by atoms with Gasteiger partial charge in [0, 0.05) is 59.3 Å². The number of carbonyl (C=O) groups is 1. The van der Waals surface area contributed by atoms with Gasteiger partial charge in [-0.15, -0.1) is 0 Å². The Kier molecular flexibility index (Phi) is 15.1. The second kappa shape index (κ2) is 17.5. The number of anilines is 1. The van der Waals surface area contributed by atoms with Gasteiger partial charge in [-0.2, -0.15) is 0 Å². The van der Waals surface area contributed by atoms with Crippen LogP contribution in [0.2, 0.25) is 0 Å². The molecule has 0 radical (unpaired) electrons. The molecule has 1 aromatic heterocycles. The zero-order valence-electron chi connectivity index (χ0n) is 22.2. The molecule has 0 saturated heterocycles. The summed E-state index contributed by atoms with van der Waals surface area (Å²) < 4.78 is 2.72. The second-order valence-electron chi connectivity index (χ2n) is 8.90. The second-order valence-corrected chi connectivity index (χ2v) is 9.97. The van der Waals surface area contributed by atoms with E-state index in [1.54, 1.807) is 24.8 Å². The van der Waals surface area contributed by atoms with Crippen LogP contribution in [0.3, 0.4) is 0 Å². The van der Waals surface area contributed by atoms with Crippen molar-refractivity contribution in [3.63, 3.8) is 0 Å². The predicted octanol–water partition coefficient (Wildman–Crippen LogP) is 6.89. The summed E-state index contributed by atoms with van der Waals surface area (Å²) in [6.45, 7) is 11.8. The Hall–Kier alpha value is -2.91. The summed E-state index contributed by atoms with van der Waals surface area (Å²) >= 11 is 2.04. The molecule has 194 valence electrons. The number of hydrogen-bond acceptors (Lipinski definition) is 4. The van der Waals surface area contributed by atoms with Crippen LogP contribution in [0, 0.1) is 5.41 Å². The average molecular weight is 602 g/mol. The average Bonchev–Trinajstić information content (AvgIpc) is 3.40. The number of halogens is 1. The number of imidazole rings is 1. The summed E-state index contributed by atoms with van der Waals surface area (Å²) in [5, 5.41) is 6.31. The molecule has 0 spiro atoms. The van der Waals surface area contributed by atoms with Gasteiger partial charge in [-0.1, -0.05) is 68.0 Å². The largest absolute Gasteiger partial charge is 0.388 e. The number of amides is 1. The number of rotatable bonds is 6. The maximum absolute atomic E-state index is 12.0. The van der Waals surface area contributed by atoms with Crippen molar-refractivity contribution in [2.75, 3.05) is 18.9 Å². The molecule has 7 heteroatoms. The van der Waals surface area contributed by atoms with Crippen molar-refractivity contribution in [1.82, 2.24) is 18.8 Å². The molecule has 6 nitrogen and oxygen atoms in total. The van der Waals surface area contributed by atoms with Crippen LogP contribution in [0.15, 0.2) is 108 Å². The zero-order valence-corrected chi connectivity index (χ0v) is 24.4.